The standard InChI is InChI=1S/C25H32N6O2/c1-28-11-13-29(14-12-28)8-3-15-33-23-5-4-21-22(25(23)32-2)16-19-17-30(31-10-7-27-18-31)9-6-20(19)24(21)26/h4-7,9-10,16,18H,3,8,11-15,17,26H2,1-2H3. The molecule has 8 heteroatoms. The second kappa shape index (κ2) is 9.33. The lowest BCUT2D eigenvalue weighted by Gasteiger charge is -2.32. The highest BCUT2D eigenvalue weighted by molar-refractivity contribution is 6.02. The Morgan fingerprint density at radius 3 is 2.73 bits per heavy atom. The zero-order chi connectivity index (χ0) is 22.8. The molecule has 0 unspecified atom stereocenters. The third kappa shape index (κ3) is 4.36. The summed E-state index contributed by atoms with van der Waals surface area (Å²) < 4.78 is 13.9. The predicted molar refractivity (Wildman–Crippen MR) is 132 cm³/mol. The van der Waals surface area contributed by atoms with Gasteiger partial charge in [-0.1, -0.05) is 0 Å². The minimum atomic E-state index is 0.659. The van der Waals surface area contributed by atoms with Gasteiger partial charge in [0.05, 0.1) is 20.3 Å². The van der Waals surface area contributed by atoms with E-state index in [1.54, 1.807) is 19.6 Å². The van der Waals surface area contributed by atoms with Crippen LogP contribution in [0.15, 0.2) is 43.1 Å². The minimum absolute atomic E-state index is 0.659. The van der Waals surface area contributed by atoms with Gasteiger partial charge in [0.2, 0.25) is 0 Å². The highest BCUT2D eigenvalue weighted by atomic mass is 16.5. The average molecular weight is 449 g/mol. The molecule has 1 saturated heterocycles. The van der Waals surface area contributed by atoms with Crippen molar-refractivity contribution in [1.29, 1.82) is 0 Å². The Morgan fingerprint density at radius 2 is 1.97 bits per heavy atom. The maximum atomic E-state index is 6.60. The van der Waals surface area contributed by atoms with Crippen molar-refractivity contribution in [2.75, 3.05) is 64.2 Å². The molecule has 3 heterocycles. The number of anilines is 1. The highest BCUT2D eigenvalue weighted by Crippen LogP contribution is 2.41. The molecule has 8 nitrogen and oxygen atoms in total. The van der Waals surface area contributed by atoms with Crippen LogP contribution < -0.4 is 20.2 Å². The smallest absolute Gasteiger partial charge is 0.168 e. The zero-order valence-corrected chi connectivity index (χ0v) is 19.4. The van der Waals surface area contributed by atoms with Crippen molar-refractivity contribution in [3.8, 4) is 11.5 Å². The van der Waals surface area contributed by atoms with Crippen LogP contribution in [-0.4, -0.2) is 72.9 Å². The van der Waals surface area contributed by atoms with E-state index in [1.165, 1.54) is 0 Å². The fourth-order valence-electron chi connectivity index (χ4n) is 4.67. The number of imidazole rings is 1. The molecule has 2 aromatic carbocycles. The first kappa shape index (κ1) is 21.6. The molecular formula is C25H32N6O2. The summed E-state index contributed by atoms with van der Waals surface area (Å²) in [5.74, 6) is 1.51. The van der Waals surface area contributed by atoms with Crippen LogP contribution in [0.2, 0.25) is 0 Å². The number of rotatable bonds is 7. The van der Waals surface area contributed by atoms with Gasteiger partial charge in [-0.15, -0.1) is 0 Å². The lowest BCUT2D eigenvalue weighted by molar-refractivity contribution is 0.145. The summed E-state index contributed by atoms with van der Waals surface area (Å²) >= 11 is 0. The molecule has 1 aromatic heterocycles. The molecule has 3 aromatic rings. The molecule has 2 aliphatic rings. The number of hydrogen-bond acceptors (Lipinski definition) is 7. The predicted octanol–water partition coefficient (Wildman–Crippen LogP) is 2.77. The van der Waals surface area contributed by atoms with Crippen molar-refractivity contribution in [1.82, 2.24) is 19.5 Å². The Kier molecular flexibility index (Phi) is 6.11. The molecule has 33 heavy (non-hydrogen) atoms. The van der Waals surface area contributed by atoms with Gasteiger partial charge in [-0.05, 0) is 43.3 Å². The number of likely N-dealkylation sites (N-methyl/N-ethyl adjacent to an activating group) is 1. The number of benzene rings is 2. The maximum Gasteiger partial charge on any atom is 0.168 e. The van der Waals surface area contributed by atoms with Gasteiger partial charge in [0.25, 0.3) is 0 Å². The van der Waals surface area contributed by atoms with Crippen LogP contribution in [0.4, 0.5) is 5.69 Å². The number of methoxy groups -OCH3 is 1. The van der Waals surface area contributed by atoms with E-state index in [0.29, 0.717) is 13.2 Å². The van der Waals surface area contributed by atoms with Crippen LogP contribution in [0.1, 0.15) is 17.5 Å². The summed E-state index contributed by atoms with van der Waals surface area (Å²) in [6, 6.07) is 6.19. The van der Waals surface area contributed by atoms with Crippen LogP contribution in [-0.2, 0) is 6.54 Å². The summed E-state index contributed by atoms with van der Waals surface area (Å²) in [4.78, 5) is 9.03. The number of hydrogen-bond donors (Lipinski definition) is 1. The van der Waals surface area contributed by atoms with E-state index >= 15 is 0 Å². The van der Waals surface area contributed by atoms with E-state index in [2.05, 4.69) is 39.0 Å². The summed E-state index contributed by atoms with van der Waals surface area (Å²) in [6.45, 7) is 6.94. The molecule has 174 valence electrons. The third-order valence-electron chi connectivity index (χ3n) is 6.61. The molecule has 0 amide bonds. The molecule has 0 radical (unpaired) electrons. The van der Waals surface area contributed by atoms with E-state index in [-0.39, 0.29) is 0 Å². The Hall–Kier alpha value is -3.23. The van der Waals surface area contributed by atoms with E-state index in [0.717, 1.165) is 78.2 Å². The first-order valence-electron chi connectivity index (χ1n) is 11.5. The van der Waals surface area contributed by atoms with Crippen molar-refractivity contribution in [3.63, 3.8) is 0 Å². The van der Waals surface area contributed by atoms with E-state index < -0.39 is 0 Å². The van der Waals surface area contributed by atoms with Crippen LogP contribution in [0.25, 0.3) is 16.8 Å². The van der Waals surface area contributed by atoms with Gasteiger partial charge in [0, 0.05) is 73.3 Å². The van der Waals surface area contributed by atoms with Gasteiger partial charge < -0.3 is 25.0 Å². The minimum Gasteiger partial charge on any atom is -0.492 e. The van der Waals surface area contributed by atoms with E-state index in [4.69, 9.17) is 15.2 Å². The van der Waals surface area contributed by atoms with Gasteiger partial charge in [0.1, 0.15) is 6.33 Å². The molecule has 0 aliphatic carbocycles. The first-order valence-corrected chi connectivity index (χ1v) is 11.5. The molecule has 0 spiro atoms. The van der Waals surface area contributed by atoms with Crippen LogP contribution in [0.5, 0.6) is 11.5 Å². The van der Waals surface area contributed by atoms with Gasteiger partial charge in [-0.25, -0.2) is 9.66 Å². The SMILES string of the molecule is COc1c(OCCCN2CCN(C)CC2)ccc2c(N)c3c(cc12)CN(n1ccnc1)C=C3. The number of fused-ring (bicyclic) bond motifs is 2. The Bertz CT molecular complexity index is 1140. The number of nitrogens with two attached hydrogens (primary N) is 1. The second-order valence-electron chi connectivity index (χ2n) is 8.76. The second-order valence-corrected chi connectivity index (χ2v) is 8.76. The van der Waals surface area contributed by atoms with Crippen molar-refractivity contribution >= 4 is 22.5 Å². The highest BCUT2D eigenvalue weighted by Gasteiger charge is 2.20. The Balaban J connectivity index is 1.34. The maximum absolute atomic E-state index is 6.60. The van der Waals surface area contributed by atoms with Crippen LogP contribution in [0.3, 0.4) is 0 Å². The van der Waals surface area contributed by atoms with Crippen molar-refractivity contribution in [2.24, 2.45) is 0 Å². The Labute approximate surface area is 194 Å². The fourth-order valence-corrected chi connectivity index (χ4v) is 4.67. The van der Waals surface area contributed by atoms with Crippen LogP contribution >= 0.6 is 0 Å². The van der Waals surface area contributed by atoms with E-state index in [1.807, 2.05) is 29.2 Å². The van der Waals surface area contributed by atoms with Gasteiger partial charge in [0.15, 0.2) is 11.5 Å². The fraction of sp³-hybridized carbons (Fsp3) is 0.400. The van der Waals surface area contributed by atoms with Gasteiger partial charge >= 0.3 is 0 Å². The molecule has 2 aliphatic heterocycles. The lowest BCUT2D eigenvalue weighted by atomic mass is 9.95. The van der Waals surface area contributed by atoms with Gasteiger partial charge in [-0.2, -0.15) is 0 Å². The quantitative estimate of drug-likeness (QED) is 0.440. The number of ether oxygens (including phenoxy) is 2. The lowest BCUT2D eigenvalue weighted by Crippen LogP contribution is -2.44. The van der Waals surface area contributed by atoms with E-state index in [9.17, 15) is 0 Å². The van der Waals surface area contributed by atoms with Gasteiger partial charge in [-0.3, -0.25) is 5.01 Å². The summed E-state index contributed by atoms with van der Waals surface area (Å²) in [6.07, 6.45) is 10.6. The molecule has 5 rings (SSSR count). The summed E-state index contributed by atoms with van der Waals surface area (Å²) in [7, 11) is 3.88. The monoisotopic (exact) mass is 448 g/mol. The number of piperazine rings is 1. The zero-order valence-electron chi connectivity index (χ0n) is 19.4. The normalized spacial score (nSPS) is 16.8. The van der Waals surface area contributed by atoms with Crippen molar-refractivity contribution in [2.45, 2.75) is 13.0 Å². The molecule has 0 saturated carbocycles. The third-order valence-corrected chi connectivity index (χ3v) is 6.61. The molecule has 2 N–H and O–H groups in total. The summed E-state index contributed by atoms with van der Waals surface area (Å²) in [5, 5.41) is 4.05. The number of aromatic nitrogens is 2. The number of nitrogen functional groups attached to an aromatic ring is 1. The molecule has 0 bridgehead atoms. The summed E-state index contributed by atoms with van der Waals surface area (Å²) in [5.41, 5.74) is 9.56. The molecular weight excluding hydrogens is 416 g/mol. The average Bonchev–Trinajstić information content (AvgIpc) is 3.37. The molecule has 1 fully saturated rings. The van der Waals surface area contributed by atoms with Crippen LogP contribution in [0, 0.1) is 0 Å². The number of nitrogens with zero attached hydrogens (tertiary/aromatic N) is 5. The Morgan fingerprint density at radius 1 is 1.12 bits per heavy atom. The molecule has 0 atom stereocenters. The first-order chi connectivity index (χ1) is 16.1. The largest absolute Gasteiger partial charge is 0.492 e. The van der Waals surface area contributed by atoms with Crippen molar-refractivity contribution < 1.29 is 9.47 Å². The van der Waals surface area contributed by atoms with Crippen molar-refractivity contribution in [3.05, 3.63) is 54.2 Å². The topological polar surface area (TPSA) is 72.0 Å².